The molecule has 2 aromatic carbocycles. The molecule has 2 aliphatic rings. The standard InChI is InChI=1S/C23H21NO/c1-15-11-14-20-19-13-12-16-7-5-6-10-18(16)22(19)21(23(25)24(15)20)17-8-3-2-4-9-17/h2-10,15H,11-14H2,1H3. The molecular weight excluding hydrogens is 306 g/mol. The van der Waals surface area contributed by atoms with E-state index in [0.29, 0.717) is 6.04 Å². The largest absolute Gasteiger partial charge is 0.309 e. The summed E-state index contributed by atoms with van der Waals surface area (Å²) < 4.78 is 2.08. The molecule has 2 nitrogen and oxygen atoms in total. The first-order valence-corrected chi connectivity index (χ1v) is 9.19. The third-order valence-corrected chi connectivity index (χ3v) is 5.86. The van der Waals surface area contributed by atoms with E-state index in [9.17, 15) is 4.79 Å². The molecule has 0 saturated heterocycles. The second-order valence-electron chi connectivity index (χ2n) is 7.26. The summed E-state index contributed by atoms with van der Waals surface area (Å²) in [5.41, 5.74) is 8.60. The first-order valence-electron chi connectivity index (χ1n) is 9.19. The summed E-state index contributed by atoms with van der Waals surface area (Å²) in [6.07, 6.45) is 4.20. The number of fused-ring (bicyclic) bond motifs is 5. The van der Waals surface area contributed by atoms with Gasteiger partial charge < -0.3 is 4.57 Å². The van der Waals surface area contributed by atoms with Crippen LogP contribution in [0, 0.1) is 0 Å². The predicted octanol–water partition coefficient (Wildman–Crippen LogP) is 4.79. The number of benzene rings is 2. The van der Waals surface area contributed by atoms with Gasteiger partial charge in [0, 0.05) is 17.3 Å². The van der Waals surface area contributed by atoms with Crippen LogP contribution in [0.1, 0.15) is 36.2 Å². The topological polar surface area (TPSA) is 22.0 Å². The van der Waals surface area contributed by atoms with E-state index in [0.717, 1.165) is 36.8 Å². The minimum absolute atomic E-state index is 0.182. The van der Waals surface area contributed by atoms with Crippen molar-refractivity contribution >= 4 is 0 Å². The summed E-state index contributed by atoms with van der Waals surface area (Å²) in [6, 6.07) is 19.1. The summed E-state index contributed by atoms with van der Waals surface area (Å²) in [5, 5.41) is 0. The predicted molar refractivity (Wildman–Crippen MR) is 102 cm³/mol. The Morgan fingerprint density at radius 3 is 2.48 bits per heavy atom. The average molecular weight is 327 g/mol. The number of rotatable bonds is 1. The molecule has 0 spiro atoms. The molecule has 5 rings (SSSR count). The van der Waals surface area contributed by atoms with Gasteiger partial charge in [0.2, 0.25) is 0 Å². The lowest BCUT2D eigenvalue weighted by Gasteiger charge is -2.26. The van der Waals surface area contributed by atoms with Gasteiger partial charge in [0.25, 0.3) is 5.56 Å². The van der Waals surface area contributed by atoms with Crippen molar-refractivity contribution in [3.05, 3.63) is 81.8 Å². The SMILES string of the molecule is CC1CCc2c3c(c(-c4ccccc4)c(=O)n21)-c1ccccc1CC3. The van der Waals surface area contributed by atoms with Gasteiger partial charge in [-0.05, 0) is 54.9 Å². The molecule has 0 radical (unpaired) electrons. The lowest BCUT2D eigenvalue weighted by molar-refractivity contribution is 0.563. The van der Waals surface area contributed by atoms with Crippen molar-refractivity contribution in [2.75, 3.05) is 0 Å². The molecule has 25 heavy (non-hydrogen) atoms. The van der Waals surface area contributed by atoms with Crippen molar-refractivity contribution in [3.8, 4) is 22.3 Å². The van der Waals surface area contributed by atoms with E-state index in [1.54, 1.807) is 0 Å². The number of aryl methyl sites for hydroxylation is 1. The van der Waals surface area contributed by atoms with Gasteiger partial charge in [-0.3, -0.25) is 4.79 Å². The highest BCUT2D eigenvalue weighted by atomic mass is 16.1. The normalized spacial score (nSPS) is 17.7. The summed E-state index contributed by atoms with van der Waals surface area (Å²) in [4.78, 5) is 13.5. The lowest BCUT2D eigenvalue weighted by Crippen LogP contribution is -2.27. The highest BCUT2D eigenvalue weighted by Gasteiger charge is 2.31. The van der Waals surface area contributed by atoms with Gasteiger partial charge in [0.05, 0.1) is 5.56 Å². The van der Waals surface area contributed by atoms with Crippen LogP contribution < -0.4 is 5.56 Å². The van der Waals surface area contributed by atoms with Crippen molar-refractivity contribution in [2.45, 2.75) is 38.6 Å². The molecule has 1 atom stereocenters. The Hall–Kier alpha value is -2.61. The van der Waals surface area contributed by atoms with E-state index < -0.39 is 0 Å². The van der Waals surface area contributed by atoms with Gasteiger partial charge in [-0.25, -0.2) is 0 Å². The molecule has 1 aliphatic heterocycles. The molecule has 1 aromatic heterocycles. The Bertz CT molecular complexity index is 1030. The number of aromatic nitrogens is 1. The van der Waals surface area contributed by atoms with Crippen LogP contribution in [0.15, 0.2) is 59.4 Å². The van der Waals surface area contributed by atoms with Gasteiger partial charge in [0.1, 0.15) is 0 Å². The average Bonchev–Trinajstić information content (AvgIpc) is 3.05. The van der Waals surface area contributed by atoms with E-state index in [1.165, 1.54) is 27.9 Å². The Kier molecular flexibility index (Phi) is 3.21. The van der Waals surface area contributed by atoms with Gasteiger partial charge in [-0.1, -0.05) is 54.6 Å². The van der Waals surface area contributed by atoms with Crippen LogP contribution in [-0.4, -0.2) is 4.57 Å². The highest BCUT2D eigenvalue weighted by molar-refractivity contribution is 5.88. The molecule has 2 heteroatoms. The number of nitrogens with zero attached hydrogens (tertiary/aromatic N) is 1. The second-order valence-corrected chi connectivity index (χ2v) is 7.26. The Morgan fingerprint density at radius 1 is 0.880 bits per heavy atom. The molecule has 1 aliphatic carbocycles. The lowest BCUT2D eigenvalue weighted by atomic mass is 9.81. The van der Waals surface area contributed by atoms with Crippen molar-refractivity contribution < 1.29 is 0 Å². The van der Waals surface area contributed by atoms with Crippen molar-refractivity contribution in [2.24, 2.45) is 0 Å². The molecule has 124 valence electrons. The molecule has 2 heterocycles. The Morgan fingerprint density at radius 2 is 1.64 bits per heavy atom. The maximum absolute atomic E-state index is 13.5. The summed E-state index contributed by atoms with van der Waals surface area (Å²) in [5.74, 6) is 0. The summed E-state index contributed by atoms with van der Waals surface area (Å²) in [7, 11) is 0. The zero-order valence-corrected chi connectivity index (χ0v) is 14.5. The van der Waals surface area contributed by atoms with E-state index in [1.807, 2.05) is 18.2 Å². The van der Waals surface area contributed by atoms with Crippen LogP contribution in [0.4, 0.5) is 0 Å². The van der Waals surface area contributed by atoms with Crippen molar-refractivity contribution in [1.29, 1.82) is 0 Å². The fraction of sp³-hybridized carbons (Fsp3) is 0.261. The van der Waals surface area contributed by atoms with Crippen LogP contribution >= 0.6 is 0 Å². The third-order valence-electron chi connectivity index (χ3n) is 5.86. The summed E-state index contributed by atoms with van der Waals surface area (Å²) in [6.45, 7) is 2.18. The van der Waals surface area contributed by atoms with Crippen molar-refractivity contribution in [3.63, 3.8) is 0 Å². The fourth-order valence-electron chi connectivity index (χ4n) is 4.68. The molecule has 0 fully saturated rings. The maximum Gasteiger partial charge on any atom is 0.259 e. The molecule has 0 amide bonds. The van der Waals surface area contributed by atoms with Crippen LogP contribution in [0.5, 0.6) is 0 Å². The zero-order valence-electron chi connectivity index (χ0n) is 14.5. The Labute approximate surface area is 147 Å². The van der Waals surface area contributed by atoms with E-state index >= 15 is 0 Å². The van der Waals surface area contributed by atoms with Gasteiger partial charge in [-0.2, -0.15) is 0 Å². The Balaban J connectivity index is 1.94. The quantitative estimate of drug-likeness (QED) is 0.630. The highest BCUT2D eigenvalue weighted by Crippen LogP contribution is 2.42. The minimum atomic E-state index is 0.182. The smallest absolute Gasteiger partial charge is 0.259 e. The van der Waals surface area contributed by atoms with Crippen LogP contribution in [0.3, 0.4) is 0 Å². The molecule has 0 N–H and O–H groups in total. The monoisotopic (exact) mass is 327 g/mol. The number of hydrogen-bond donors (Lipinski definition) is 0. The maximum atomic E-state index is 13.5. The van der Waals surface area contributed by atoms with Gasteiger partial charge in [0.15, 0.2) is 0 Å². The molecule has 0 bridgehead atoms. The molecule has 0 saturated carbocycles. The first-order chi connectivity index (χ1) is 12.3. The van der Waals surface area contributed by atoms with Gasteiger partial charge in [-0.15, -0.1) is 0 Å². The van der Waals surface area contributed by atoms with Crippen molar-refractivity contribution in [1.82, 2.24) is 4.57 Å². The molecular formula is C23H21NO. The van der Waals surface area contributed by atoms with Crippen LogP contribution in [0.2, 0.25) is 0 Å². The number of hydrogen-bond acceptors (Lipinski definition) is 1. The third kappa shape index (κ3) is 2.07. The zero-order chi connectivity index (χ0) is 17.0. The van der Waals surface area contributed by atoms with E-state index in [2.05, 4.69) is 47.9 Å². The molecule has 1 unspecified atom stereocenters. The minimum Gasteiger partial charge on any atom is -0.309 e. The van der Waals surface area contributed by atoms with E-state index in [4.69, 9.17) is 0 Å². The molecule has 3 aromatic rings. The van der Waals surface area contributed by atoms with Gasteiger partial charge >= 0.3 is 0 Å². The second kappa shape index (κ2) is 5.45. The fourth-order valence-corrected chi connectivity index (χ4v) is 4.68. The van der Waals surface area contributed by atoms with Crippen LogP contribution in [0.25, 0.3) is 22.3 Å². The number of pyridine rings is 1. The van der Waals surface area contributed by atoms with E-state index in [-0.39, 0.29) is 5.56 Å². The van der Waals surface area contributed by atoms with Crippen LogP contribution in [-0.2, 0) is 19.3 Å². The summed E-state index contributed by atoms with van der Waals surface area (Å²) >= 11 is 0. The first kappa shape index (κ1) is 14.7.